The highest BCUT2D eigenvalue weighted by Crippen LogP contribution is 2.29. The zero-order chi connectivity index (χ0) is 18.7. The van der Waals surface area contributed by atoms with Crippen LogP contribution in [0.15, 0.2) is 53.6 Å². The van der Waals surface area contributed by atoms with Gasteiger partial charge < -0.3 is 4.74 Å². The number of hydrogen-bond donors (Lipinski definition) is 1. The molecule has 0 bridgehead atoms. The van der Waals surface area contributed by atoms with Gasteiger partial charge in [0.15, 0.2) is 11.5 Å². The van der Waals surface area contributed by atoms with E-state index in [1.165, 1.54) is 0 Å². The summed E-state index contributed by atoms with van der Waals surface area (Å²) >= 11 is 5.90. The van der Waals surface area contributed by atoms with Crippen molar-refractivity contribution in [2.45, 2.75) is 25.8 Å². The summed E-state index contributed by atoms with van der Waals surface area (Å²) in [6, 6.07) is 13.7. The number of aryl methyl sites for hydroxylation is 1. The number of halogens is 1. The van der Waals surface area contributed by atoms with Gasteiger partial charge in [-0.15, -0.1) is 0 Å². The Balaban J connectivity index is 1.96. The van der Waals surface area contributed by atoms with Crippen LogP contribution in [-0.4, -0.2) is 30.1 Å². The SMILES string of the molecule is CCOC(=O)C1=NN[C@@H](C(=O)c2ccc(Cl)cc2)[C@@H]1c1ccc(C)cc1. The molecule has 134 valence electrons. The number of ether oxygens (including phenoxy) is 1. The molecule has 0 saturated heterocycles. The largest absolute Gasteiger partial charge is 0.461 e. The van der Waals surface area contributed by atoms with Crippen LogP contribution in [0.5, 0.6) is 0 Å². The minimum Gasteiger partial charge on any atom is -0.461 e. The molecule has 0 unspecified atom stereocenters. The van der Waals surface area contributed by atoms with Crippen LogP contribution in [0.2, 0.25) is 5.02 Å². The zero-order valence-corrected chi connectivity index (χ0v) is 15.3. The molecule has 1 heterocycles. The minimum absolute atomic E-state index is 0.157. The van der Waals surface area contributed by atoms with Crippen molar-refractivity contribution in [2.75, 3.05) is 6.61 Å². The molecule has 1 aliphatic heterocycles. The van der Waals surface area contributed by atoms with Crippen LogP contribution in [0.4, 0.5) is 0 Å². The number of nitrogens with zero attached hydrogens (tertiary/aromatic N) is 1. The minimum atomic E-state index is -0.682. The van der Waals surface area contributed by atoms with Crippen molar-refractivity contribution in [1.29, 1.82) is 0 Å². The van der Waals surface area contributed by atoms with Crippen molar-refractivity contribution in [3.63, 3.8) is 0 Å². The summed E-state index contributed by atoms with van der Waals surface area (Å²) in [5.41, 5.74) is 5.47. The van der Waals surface area contributed by atoms with Gasteiger partial charge >= 0.3 is 5.97 Å². The van der Waals surface area contributed by atoms with Crippen LogP contribution >= 0.6 is 11.6 Å². The van der Waals surface area contributed by atoms with Gasteiger partial charge in [-0.05, 0) is 43.7 Å². The second kappa shape index (κ2) is 7.70. The lowest BCUT2D eigenvalue weighted by molar-refractivity contribution is -0.135. The predicted molar refractivity (Wildman–Crippen MR) is 101 cm³/mol. The number of hydrogen-bond acceptors (Lipinski definition) is 5. The molecule has 0 radical (unpaired) electrons. The topological polar surface area (TPSA) is 67.8 Å². The standard InChI is InChI=1S/C20H19ClN2O3/c1-3-26-20(25)18-16(13-6-4-12(2)5-7-13)17(22-23-18)19(24)14-8-10-15(21)11-9-14/h4-11,16-17,22H,3H2,1-2H3/t16-,17+/m0/s1. The van der Waals surface area contributed by atoms with Gasteiger partial charge in [0, 0.05) is 10.6 Å². The predicted octanol–water partition coefficient (Wildman–Crippen LogP) is 3.51. The number of rotatable bonds is 5. The van der Waals surface area contributed by atoms with E-state index in [2.05, 4.69) is 10.5 Å². The van der Waals surface area contributed by atoms with Gasteiger partial charge in [-0.3, -0.25) is 10.2 Å². The molecule has 2 atom stereocenters. The van der Waals surface area contributed by atoms with E-state index in [-0.39, 0.29) is 18.1 Å². The number of ketones is 1. The van der Waals surface area contributed by atoms with Crippen LogP contribution in [0.3, 0.4) is 0 Å². The van der Waals surface area contributed by atoms with Crippen LogP contribution in [0.25, 0.3) is 0 Å². The van der Waals surface area contributed by atoms with Crippen LogP contribution in [0, 0.1) is 6.92 Å². The molecular formula is C20H19ClN2O3. The number of benzene rings is 2. The number of Topliss-reactive ketones (excluding diaryl/α,β-unsaturated/α-hetero) is 1. The molecule has 2 aromatic carbocycles. The first-order valence-electron chi connectivity index (χ1n) is 8.38. The van der Waals surface area contributed by atoms with Gasteiger partial charge in [0.25, 0.3) is 0 Å². The maximum absolute atomic E-state index is 13.0. The molecule has 5 nitrogen and oxygen atoms in total. The number of carbonyl (C=O) groups excluding carboxylic acids is 2. The molecule has 0 aromatic heterocycles. The molecule has 1 N–H and O–H groups in total. The molecule has 6 heteroatoms. The summed E-state index contributed by atoms with van der Waals surface area (Å²) < 4.78 is 5.11. The first-order valence-corrected chi connectivity index (χ1v) is 8.75. The highest BCUT2D eigenvalue weighted by molar-refractivity contribution is 6.40. The molecule has 26 heavy (non-hydrogen) atoms. The van der Waals surface area contributed by atoms with Gasteiger partial charge in [0.2, 0.25) is 0 Å². The van der Waals surface area contributed by atoms with E-state index < -0.39 is 17.9 Å². The van der Waals surface area contributed by atoms with E-state index in [1.807, 2.05) is 31.2 Å². The summed E-state index contributed by atoms with van der Waals surface area (Å²) in [6.07, 6.45) is 0. The Morgan fingerprint density at radius 3 is 2.38 bits per heavy atom. The number of carbonyl (C=O) groups is 2. The number of nitrogens with one attached hydrogen (secondary N) is 1. The van der Waals surface area contributed by atoms with E-state index >= 15 is 0 Å². The van der Waals surface area contributed by atoms with Crippen molar-refractivity contribution in [3.8, 4) is 0 Å². The quantitative estimate of drug-likeness (QED) is 0.646. The maximum atomic E-state index is 13.0. The van der Waals surface area contributed by atoms with E-state index in [0.29, 0.717) is 10.6 Å². The van der Waals surface area contributed by atoms with Crippen molar-refractivity contribution in [2.24, 2.45) is 5.10 Å². The van der Waals surface area contributed by atoms with E-state index in [1.54, 1.807) is 31.2 Å². The van der Waals surface area contributed by atoms with Crippen molar-refractivity contribution < 1.29 is 14.3 Å². The second-order valence-corrected chi connectivity index (χ2v) is 6.52. The Morgan fingerprint density at radius 1 is 1.12 bits per heavy atom. The second-order valence-electron chi connectivity index (χ2n) is 6.08. The molecule has 0 amide bonds. The van der Waals surface area contributed by atoms with Gasteiger partial charge in [-0.25, -0.2) is 4.79 Å². The summed E-state index contributed by atoms with van der Waals surface area (Å²) in [4.78, 5) is 25.3. The zero-order valence-electron chi connectivity index (χ0n) is 14.5. The fourth-order valence-corrected chi connectivity index (χ4v) is 3.07. The third-order valence-electron chi connectivity index (χ3n) is 4.28. The van der Waals surface area contributed by atoms with Gasteiger partial charge in [-0.1, -0.05) is 41.4 Å². The molecule has 2 aromatic rings. The molecule has 0 fully saturated rings. The van der Waals surface area contributed by atoms with Gasteiger partial charge in [-0.2, -0.15) is 5.10 Å². The summed E-state index contributed by atoms with van der Waals surface area (Å²) in [5.74, 6) is -1.19. The Morgan fingerprint density at radius 2 is 1.77 bits per heavy atom. The Labute approximate surface area is 157 Å². The average molecular weight is 371 g/mol. The first-order chi connectivity index (χ1) is 12.5. The van der Waals surface area contributed by atoms with E-state index in [0.717, 1.165) is 11.1 Å². The normalized spacial score (nSPS) is 18.8. The van der Waals surface area contributed by atoms with Gasteiger partial charge in [0.05, 0.1) is 12.5 Å². The Kier molecular flexibility index (Phi) is 5.38. The highest BCUT2D eigenvalue weighted by Gasteiger charge is 2.41. The van der Waals surface area contributed by atoms with Crippen molar-refractivity contribution in [1.82, 2.24) is 5.43 Å². The lowest BCUT2D eigenvalue weighted by atomic mass is 9.84. The molecule has 0 aliphatic carbocycles. The average Bonchev–Trinajstić information content (AvgIpc) is 3.08. The lowest BCUT2D eigenvalue weighted by Crippen LogP contribution is -2.37. The van der Waals surface area contributed by atoms with Crippen molar-refractivity contribution in [3.05, 3.63) is 70.2 Å². The third-order valence-corrected chi connectivity index (χ3v) is 4.54. The van der Waals surface area contributed by atoms with Gasteiger partial charge in [0.1, 0.15) is 6.04 Å². The number of hydrazone groups is 1. The third kappa shape index (κ3) is 3.63. The first kappa shape index (κ1) is 18.1. The molecular weight excluding hydrogens is 352 g/mol. The molecule has 3 rings (SSSR count). The fourth-order valence-electron chi connectivity index (χ4n) is 2.95. The summed E-state index contributed by atoms with van der Waals surface area (Å²) in [6.45, 7) is 3.96. The van der Waals surface area contributed by atoms with Crippen LogP contribution in [-0.2, 0) is 9.53 Å². The van der Waals surface area contributed by atoms with E-state index in [9.17, 15) is 9.59 Å². The smallest absolute Gasteiger partial charge is 0.355 e. The van der Waals surface area contributed by atoms with E-state index in [4.69, 9.17) is 16.3 Å². The maximum Gasteiger partial charge on any atom is 0.355 e. The fraction of sp³-hybridized carbons (Fsp3) is 0.250. The van der Waals surface area contributed by atoms with Crippen LogP contribution < -0.4 is 5.43 Å². The summed E-state index contributed by atoms with van der Waals surface area (Å²) in [5, 5.41) is 4.68. The monoisotopic (exact) mass is 370 g/mol. The lowest BCUT2D eigenvalue weighted by Gasteiger charge is -2.20. The molecule has 1 aliphatic rings. The highest BCUT2D eigenvalue weighted by atomic mass is 35.5. The summed E-state index contributed by atoms with van der Waals surface area (Å²) in [7, 11) is 0. The van der Waals surface area contributed by atoms with Crippen LogP contribution in [0.1, 0.15) is 34.3 Å². The Bertz CT molecular complexity index is 844. The molecule has 0 spiro atoms. The molecule has 0 saturated carbocycles. The Hall–Kier alpha value is -2.66. The number of esters is 1. The van der Waals surface area contributed by atoms with Crippen molar-refractivity contribution >= 4 is 29.1 Å².